The highest BCUT2D eigenvalue weighted by Crippen LogP contribution is 2.38. The van der Waals surface area contributed by atoms with Gasteiger partial charge in [0.05, 0.1) is 12.7 Å². The minimum absolute atomic E-state index is 0.112. The average Bonchev–Trinajstić information content (AvgIpc) is 2.96. The Hall–Kier alpha value is -3.51. The van der Waals surface area contributed by atoms with E-state index in [1.165, 1.54) is 37.3 Å². The van der Waals surface area contributed by atoms with Crippen LogP contribution in [0, 0.1) is 0 Å². The molecule has 2 aliphatic rings. The third-order valence-electron chi connectivity index (χ3n) is 7.18. The second-order valence-electron chi connectivity index (χ2n) is 10.1. The predicted octanol–water partition coefficient (Wildman–Crippen LogP) is -1.74. The maximum absolute atomic E-state index is 13.7. The fourth-order valence-electron chi connectivity index (χ4n) is 4.76. The summed E-state index contributed by atoms with van der Waals surface area (Å²) >= 11 is 0. The van der Waals surface area contributed by atoms with Crippen molar-refractivity contribution in [2.75, 3.05) is 6.61 Å². The van der Waals surface area contributed by atoms with Crippen molar-refractivity contribution in [3.05, 3.63) is 46.6 Å². The van der Waals surface area contributed by atoms with Crippen LogP contribution in [0.5, 0.6) is 23.0 Å². The molecule has 2 fully saturated rings. The molecule has 9 N–H and O–H groups in total. The van der Waals surface area contributed by atoms with E-state index in [0.717, 1.165) is 6.07 Å². The predicted molar refractivity (Wildman–Crippen MR) is 139 cm³/mol. The Morgan fingerprint density at radius 1 is 0.786 bits per heavy atom. The minimum Gasteiger partial charge on any atom is -0.508 e. The summed E-state index contributed by atoms with van der Waals surface area (Å²) in [4.78, 5) is 13.7. The van der Waals surface area contributed by atoms with Gasteiger partial charge in [-0.1, -0.05) is 0 Å². The first-order valence-electron chi connectivity index (χ1n) is 12.9. The van der Waals surface area contributed by atoms with Crippen LogP contribution in [-0.4, -0.2) is 114 Å². The number of phenols is 2. The van der Waals surface area contributed by atoms with E-state index >= 15 is 0 Å². The molecule has 228 valence electrons. The van der Waals surface area contributed by atoms with Crippen LogP contribution in [0.1, 0.15) is 6.92 Å². The van der Waals surface area contributed by atoms with Gasteiger partial charge in [0.2, 0.25) is 23.8 Å². The second-order valence-corrected chi connectivity index (χ2v) is 10.1. The van der Waals surface area contributed by atoms with E-state index < -0.39 is 90.3 Å². The van der Waals surface area contributed by atoms with E-state index in [4.69, 9.17) is 23.4 Å². The molecular formula is C27H30O15. The fraction of sp³-hybridized carbons (Fsp3) is 0.444. The molecule has 5 rings (SSSR count). The molecule has 15 nitrogen and oxygen atoms in total. The lowest BCUT2D eigenvalue weighted by Gasteiger charge is -2.39. The zero-order valence-corrected chi connectivity index (χ0v) is 21.9. The molecule has 0 bridgehead atoms. The molecule has 3 heterocycles. The molecule has 2 aliphatic heterocycles. The number of hydrogen-bond donors (Lipinski definition) is 9. The summed E-state index contributed by atoms with van der Waals surface area (Å²) in [5.41, 5.74) is -1.01. The molecule has 2 aromatic carbocycles. The number of aliphatic hydroxyl groups is 7. The fourth-order valence-corrected chi connectivity index (χ4v) is 4.76. The minimum atomic E-state index is -1.87. The molecular weight excluding hydrogens is 564 g/mol. The van der Waals surface area contributed by atoms with E-state index in [-0.39, 0.29) is 28.4 Å². The van der Waals surface area contributed by atoms with E-state index in [0.29, 0.717) is 0 Å². The zero-order chi connectivity index (χ0) is 30.5. The topological polar surface area (TPSA) is 249 Å². The molecule has 0 radical (unpaired) electrons. The third-order valence-corrected chi connectivity index (χ3v) is 7.18. The van der Waals surface area contributed by atoms with Crippen molar-refractivity contribution >= 4 is 11.0 Å². The summed E-state index contributed by atoms with van der Waals surface area (Å²) in [5, 5.41) is 90.7. The van der Waals surface area contributed by atoms with Gasteiger partial charge >= 0.3 is 0 Å². The second kappa shape index (κ2) is 11.6. The van der Waals surface area contributed by atoms with Crippen LogP contribution in [0.25, 0.3) is 22.3 Å². The monoisotopic (exact) mass is 594 g/mol. The number of ether oxygens (including phenoxy) is 4. The Kier molecular flexibility index (Phi) is 8.30. The van der Waals surface area contributed by atoms with Gasteiger partial charge in [0.25, 0.3) is 0 Å². The zero-order valence-electron chi connectivity index (χ0n) is 21.9. The van der Waals surface area contributed by atoms with Crippen LogP contribution in [0.2, 0.25) is 0 Å². The molecule has 3 aromatic rings. The van der Waals surface area contributed by atoms with Gasteiger partial charge in [-0.05, 0) is 31.2 Å². The van der Waals surface area contributed by atoms with E-state index in [1.807, 2.05) is 0 Å². The smallest absolute Gasteiger partial charge is 0.239 e. The summed E-state index contributed by atoms with van der Waals surface area (Å²) < 4.78 is 28.0. The number of phenolic OH excluding ortho intramolecular Hbond substituents is 2. The van der Waals surface area contributed by atoms with Gasteiger partial charge in [-0.25, -0.2) is 0 Å². The summed E-state index contributed by atoms with van der Waals surface area (Å²) in [6, 6.07) is 7.53. The number of aromatic hydroxyl groups is 2. The summed E-state index contributed by atoms with van der Waals surface area (Å²) in [5.74, 6) is -1.77. The van der Waals surface area contributed by atoms with Gasteiger partial charge in [0.1, 0.15) is 70.9 Å². The number of rotatable bonds is 6. The molecule has 0 amide bonds. The quantitative estimate of drug-likeness (QED) is 0.154. The Bertz CT molecular complexity index is 1470. The molecule has 15 heteroatoms. The lowest BCUT2D eigenvalue weighted by Crippen LogP contribution is -2.60. The maximum Gasteiger partial charge on any atom is 0.239 e. The summed E-state index contributed by atoms with van der Waals surface area (Å²) in [6.07, 6.45) is -15.5. The molecule has 0 saturated carbocycles. The Labute approximate surface area is 236 Å². The maximum atomic E-state index is 13.7. The first kappa shape index (κ1) is 30.0. The summed E-state index contributed by atoms with van der Waals surface area (Å²) in [7, 11) is 0. The van der Waals surface area contributed by atoms with Crippen LogP contribution >= 0.6 is 0 Å². The Morgan fingerprint density at radius 3 is 2.05 bits per heavy atom. The van der Waals surface area contributed by atoms with Crippen LogP contribution in [0.15, 0.2) is 45.6 Å². The number of hydrogen-bond acceptors (Lipinski definition) is 15. The summed E-state index contributed by atoms with van der Waals surface area (Å²) in [6.45, 7) is 0.702. The van der Waals surface area contributed by atoms with Crippen LogP contribution in [-0.2, 0) is 9.47 Å². The molecule has 1 aromatic heterocycles. The van der Waals surface area contributed by atoms with Gasteiger partial charge in [-0.2, -0.15) is 0 Å². The highest BCUT2D eigenvalue weighted by Gasteiger charge is 2.46. The van der Waals surface area contributed by atoms with Crippen molar-refractivity contribution in [2.45, 2.75) is 68.3 Å². The Morgan fingerprint density at radius 2 is 1.40 bits per heavy atom. The lowest BCUT2D eigenvalue weighted by molar-refractivity contribution is -0.277. The van der Waals surface area contributed by atoms with Gasteiger partial charge < -0.3 is 69.3 Å². The lowest BCUT2D eigenvalue weighted by atomic mass is 9.99. The van der Waals surface area contributed by atoms with Gasteiger partial charge in [-0.3, -0.25) is 4.79 Å². The Balaban J connectivity index is 1.58. The molecule has 0 unspecified atom stereocenters. The first-order valence-corrected chi connectivity index (χ1v) is 12.9. The first-order chi connectivity index (χ1) is 19.9. The van der Waals surface area contributed by atoms with Crippen molar-refractivity contribution in [1.29, 1.82) is 0 Å². The van der Waals surface area contributed by atoms with Crippen LogP contribution in [0.4, 0.5) is 0 Å². The average molecular weight is 595 g/mol. The molecule has 10 atom stereocenters. The van der Waals surface area contributed by atoms with E-state index in [9.17, 15) is 50.8 Å². The largest absolute Gasteiger partial charge is 0.508 e. The van der Waals surface area contributed by atoms with E-state index in [2.05, 4.69) is 0 Å². The van der Waals surface area contributed by atoms with Crippen molar-refractivity contribution in [2.24, 2.45) is 0 Å². The molecule has 0 spiro atoms. The molecule has 42 heavy (non-hydrogen) atoms. The number of benzene rings is 2. The van der Waals surface area contributed by atoms with E-state index in [1.54, 1.807) is 0 Å². The third kappa shape index (κ3) is 5.37. The van der Waals surface area contributed by atoms with Crippen molar-refractivity contribution < 1.29 is 69.3 Å². The number of fused-ring (bicyclic) bond motifs is 1. The highest BCUT2D eigenvalue weighted by molar-refractivity contribution is 5.88. The SMILES string of the molecule is C[C@@H]1O[C@@H](Oc2cc(O)c3c(=O)c(O[C@H]4O[C@H](CO)[C@@H](O)[C@H](O)[C@H]4O)c(-c4ccc(O)cc4)oc3c2)[C@H](O)[C@H](O)[C@H]1O. The van der Waals surface area contributed by atoms with Crippen molar-refractivity contribution in [1.82, 2.24) is 0 Å². The van der Waals surface area contributed by atoms with Gasteiger partial charge in [0.15, 0.2) is 5.76 Å². The highest BCUT2D eigenvalue weighted by atomic mass is 16.7. The van der Waals surface area contributed by atoms with Crippen LogP contribution in [0.3, 0.4) is 0 Å². The van der Waals surface area contributed by atoms with Crippen molar-refractivity contribution in [3.63, 3.8) is 0 Å². The van der Waals surface area contributed by atoms with Gasteiger partial charge in [0, 0.05) is 17.7 Å². The van der Waals surface area contributed by atoms with Crippen molar-refractivity contribution in [3.8, 4) is 34.3 Å². The number of aliphatic hydroxyl groups excluding tert-OH is 7. The molecule has 2 saturated heterocycles. The van der Waals surface area contributed by atoms with Gasteiger partial charge in [-0.15, -0.1) is 0 Å². The standard InChI is InChI=1S/C27H30O15/c1-9-17(31)20(34)22(36)26(38-9)39-12-6-13(30)16-14(7-12)40-24(10-2-4-11(29)5-3-10)25(19(16)33)42-27-23(37)21(35)18(32)15(8-28)41-27/h2-7,9,15,17-18,20-23,26-32,34-37H,8H2,1H3/t9-,15+,17-,18+,20+,21-,22+,23+,26-,27+/m0/s1. The normalized spacial score (nSPS) is 33.4. The molecule has 0 aliphatic carbocycles. The van der Waals surface area contributed by atoms with Crippen LogP contribution < -0.4 is 14.9 Å².